The van der Waals surface area contributed by atoms with Crippen LogP contribution in [0.25, 0.3) is 10.9 Å². The number of para-hydroxylation sites is 1. The Hall–Kier alpha value is -3.42. The molecular weight excluding hydrogens is 370 g/mol. The molecule has 2 aromatic heterocycles. The molecule has 0 spiro atoms. The zero-order chi connectivity index (χ0) is 20.2. The summed E-state index contributed by atoms with van der Waals surface area (Å²) < 4.78 is 1.96. The molecule has 0 aliphatic carbocycles. The number of aromatic nitrogens is 3. The van der Waals surface area contributed by atoms with Crippen LogP contribution in [0.15, 0.2) is 48.7 Å². The predicted octanol–water partition coefficient (Wildman–Crippen LogP) is 2.16. The van der Waals surface area contributed by atoms with Gasteiger partial charge in [0.1, 0.15) is 6.54 Å². The summed E-state index contributed by atoms with van der Waals surface area (Å²) >= 11 is 0. The zero-order valence-corrected chi connectivity index (χ0v) is 16.0. The van der Waals surface area contributed by atoms with Gasteiger partial charge in [-0.15, -0.1) is 10.2 Å². The van der Waals surface area contributed by atoms with Gasteiger partial charge in [0.05, 0.1) is 0 Å². The minimum absolute atomic E-state index is 0.00548. The Morgan fingerprint density at radius 2 is 2.00 bits per heavy atom. The minimum atomic E-state index is -1.08. The zero-order valence-electron chi connectivity index (χ0n) is 16.0. The summed E-state index contributed by atoms with van der Waals surface area (Å²) in [6.45, 7) is 2.51. The summed E-state index contributed by atoms with van der Waals surface area (Å²) in [7, 11) is 0. The summed E-state index contributed by atoms with van der Waals surface area (Å²) in [5.74, 6) is -0.104. The number of benzene rings is 1. The molecule has 0 radical (unpaired) electrons. The molecule has 1 aliphatic heterocycles. The van der Waals surface area contributed by atoms with Crippen molar-refractivity contribution in [1.29, 1.82) is 0 Å². The van der Waals surface area contributed by atoms with E-state index in [1.807, 2.05) is 41.1 Å². The van der Waals surface area contributed by atoms with Gasteiger partial charge < -0.3 is 19.9 Å². The molecule has 3 aromatic rings. The third kappa shape index (κ3) is 4.37. The highest BCUT2D eigenvalue weighted by molar-refractivity contribution is 5.85. The topological polar surface area (TPSA) is 100 Å². The summed E-state index contributed by atoms with van der Waals surface area (Å²) in [4.78, 5) is 25.4. The van der Waals surface area contributed by atoms with Crippen LogP contribution in [0, 0.1) is 5.92 Å². The molecule has 0 bridgehead atoms. The van der Waals surface area contributed by atoms with Crippen molar-refractivity contribution in [2.45, 2.75) is 19.4 Å². The van der Waals surface area contributed by atoms with E-state index >= 15 is 0 Å². The third-order valence-electron chi connectivity index (χ3n) is 5.29. The van der Waals surface area contributed by atoms with Crippen molar-refractivity contribution in [3.05, 3.63) is 54.4 Å². The van der Waals surface area contributed by atoms with Crippen LogP contribution in [0.1, 0.15) is 23.3 Å². The number of fused-ring (bicyclic) bond motifs is 1. The van der Waals surface area contributed by atoms with E-state index in [2.05, 4.69) is 20.4 Å². The number of anilines is 1. The van der Waals surface area contributed by atoms with Gasteiger partial charge in [-0.25, -0.2) is 4.79 Å². The number of piperidine rings is 1. The number of nitrogens with zero attached hydrogens (tertiary/aromatic N) is 4. The van der Waals surface area contributed by atoms with E-state index in [1.54, 1.807) is 6.07 Å². The van der Waals surface area contributed by atoms with Crippen LogP contribution < -0.4 is 10.2 Å². The normalized spacial score (nSPS) is 16.7. The third-order valence-corrected chi connectivity index (χ3v) is 5.29. The lowest BCUT2D eigenvalue weighted by Crippen LogP contribution is -2.42. The summed E-state index contributed by atoms with van der Waals surface area (Å²) in [6.07, 6.45) is 3.96. The van der Waals surface area contributed by atoms with Crippen LogP contribution in [0.3, 0.4) is 0 Å². The lowest BCUT2D eigenvalue weighted by molar-refractivity contribution is -0.121. The van der Waals surface area contributed by atoms with Gasteiger partial charge in [0.15, 0.2) is 11.5 Å². The SMILES string of the molecule is O=C(Cn1ccc2ccccc21)NCC1CCCN(c2ccc(C(=O)O)nn2)C1. The number of carboxylic acid groups (broad SMARTS) is 1. The maximum Gasteiger partial charge on any atom is 0.356 e. The quantitative estimate of drug-likeness (QED) is 0.666. The maximum atomic E-state index is 12.4. The van der Waals surface area contributed by atoms with Crippen molar-refractivity contribution in [3.8, 4) is 0 Å². The van der Waals surface area contributed by atoms with Crippen molar-refractivity contribution in [2.75, 3.05) is 24.5 Å². The second-order valence-electron chi connectivity index (χ2n) is 7.34. The van der Waals surface area contributed by atoms with Crippen molar-refractivity contribution in [2.24, 2.45) is 5.92 Å². The highest BCUT2D eigenvalue weighted by atomic mass is 16.4. The molecule has 2 N–H and O–H groups in total. The molecule has 1 aromatic carbocycles. The van der Waals surface area contributed by atoms with Gasteiger partial charge in [-0.05, 0) is 48.4 Å². The van der Waals surface area contributed by atoms with Gasteiger partial charge in [-0.1, -0.05) is 18.2 Å². The molecule has 1 amide bonds. The second-order valence-corrected chi connectivity index (χ2v) is 7.34. The number of amides is 1. The first-order valence-corrected chi connectivity index (χ1v) is 9.73. The lowest BCUT2D eigenvalue weighted by Gasteiger charge is -2.33. The fourth-order valence-electron chi connectivity index (χ4n) is 3.79. The highest BCUT2D eigenvalue weighted by Crippen LogP contribution is 2.21. The highest BCUT2D eigenvalue weighted by Gasteiger charge is 2.22. The van der Waals surface area contributed by atoms with E-state index in [-0.39, 0.29) is 11.6 Å². The summed E-state index contributed by atoms with van der Waals surface area (Å²) in [5, 5.41) is 20.9. The van der Waals surface area contributed by atoms with Crippen LogP contribution in [-0.2, 0) is 11.3 Å². The first-order valence-electron chi connectivity index (χ1n) is 9.73. The van der Waals surface area contributed by atoms with E-state index in [1.165, 1.54) is 6.07 Å². The molecular formula is C21H23N5O3. The number of nitrogens with one attached hydrogen (secondary N) is 1. The van der Waals surface area contributed by atoms with Gasteiger partial charge >= 0.3 is 5.97 Å². The monoisotopic (exact) mass is 393 g/mol. The van der Waals surface area contributed by atoms with Crippen molar-refractivity contribution < 1.29 is 14.7 Å². The van der Waals surface area contributed by atoms with Gasteiger partial charge in [0.2, 0.25) is 5.91 Å². The van der Waals surface area contributed by atoms with Crippen LogP contribution in [0.5, 0.6) is 0 Å². The van der Waals surface area contributed by atoms with Gasteiger partial charge in [-0.3, -0.25) is 4.79 Å². The minimum Gasteiger partial charge on any atom is -0.476 e. The Bertz CT molecular complexity index is 1010. The largest absolute Gasteiger partial charge is 0.476 e. The second kappa shape index (κ2) is 8.30. The van der Waals surface area contributed by atoms with E-state index in [0.29, 0.717) is 24.8 Å². The summed E-state index contributed by atoms with van der Waals surface area (Å²) in [6, 6.07) is 13.2. The van der Waals surface area contributed by atoms with Crippen molar-refractivity contribution in [1.82, 2.24) is 20.1 Å². The van der Waals surface area contributed by atoms with E-state index < -0.39 is 5.97 Å². The molecule has 8 nitrogen and oxygen atoms in total. The molecule has 0 saturated carbocycles. The first kappa shape index (κ1) is 18.9. The Morgan fingerprint density at radius 3 is 2.79 bits per heavy atom. The van der Waals surface area contributed by atoms with Crippen molar-refractivity contribution in [3.63, 3.8) is 0 Å². The summed E-state index contributed by atoms with van der Waals surface area (Å²) in [5.41, 5.74) is 0.988. The molecule has 1 saturated heterocycles. The standard InChI is InChI=1S/C21H23N5O3/c27-20(14-25-11-9-16-5-1-2-6-18(16)25)22-12-15-4-3-10-26(13-15)19-8-7-17(21(28)29)23-24-19/h1-2,5-9,11,15H,3-4,10,12-14H2,(H,22,27)(H,28,29). The van der Waals surface area contributed by atoms with Gasteiger partial charge in [0, 0.05) is 31.3 Å². The molecule has 8 heteroatoms. The molecule has 3 heterocycles. The Labute approximate surface area is 168 Å². The van der Waals surface area contributed by atoms with Crippen molar-refractivity contribution >= 4 is 28.6 Å². The molecule has 1 atom stereocenters. The van der Waals surface area contributed by atoms with Gasteiger partial charge in [-0.2, -0.15) is 0 Å². The van der Waals surface area contributed by atoms with E-state index in [4.69, 9.17) is 5.11 Å². The number of carbonyl (C=O) groups excluding carboxylic acids is 1. The fraction of sp³-hybridized carbons (Fsp3) is 0.333. The van der Waals surface area contributed by atoms with Crippen LogP contribution in [0.2, 0.25) is 0 Å². The number of aromatic carboxylic acids is 1. The van der Waals surface area contributed by atoms with Crippen LogP contribution in [0.4, 0.5) is 5.82 Å². The molecule has 4 rings (SSSR count). The smallest absolute Gasteiger partial charge is 0.356 e. The molecule has 1 fully saturated rings. The molecule has 1 unspecified atom stereocenters. The van der Waals surface area contributed by atoms with Crippen LogP contribution in [-0.4, -0.2) is 51.4 Å². The number of carboxylic acids is 1. The first-order chi connectivity index (χ1) is 14.1. The number of hydrogen-bond donors (Lipinski definition) is 2. The fourth-order valence-corrected chi connectivity index (χ4v) is 3.79. The van der Waals surface area contributed by atoms with E-state index in [9.17, 15) is 9.59 Å². The van der Waals surface area contributed by atoms with E-state index in [0.717, 1.165) is 36.8 Å². The molecule has 150 valence electrons. The molecule has 29 heavy (non-hydrogen) atoms. The lowest BCUT2D eigenvalue weighted by atomic mass is 9.98. The average Bonchev–Trinajstić information content (AvgIpc) is 3.15. The number of hydrogen-bond acceptors (Lipinski definition) is 5. The van der Waals surface area contributed by atoms with Crippen LogP contribution >= 0.6 is 0 Å². The van der Waals surface area contributed by atoms with Gasteiger partial charge in [0.25, 0.3) is 0 Å². The Morgan fingerprint density at radius 1 is 1.14 bits per heavy atom. The Balaban J connectivity index is 1.31. The number of rotatable bonds is 6. The predicted molar refractivity (Wildman–Crippen MR) is 109 cm³/mol. The molecule has 1 aliphatic rings. The maximum absolute atomic E-state index is 12.4. The number of carbonyl (C=O) groups is 2. The average molecular weight is 393 g/mol. The Kier molecular flexibility index (Phi) is 5.41.